The van der Waals surface area contributed by atoms with E-state index in [-0.39, 0.29) is 11.9 Å². The number of halogens is 1. The van der Waals surface area contributed by atoms with Gasteiger partial charge in [0.2, 0.25) is 0 Å². The number of rotatable bonds is 1. The number of amidine groups is 1. The summed E-state index contributed by atoms with van der Waals surface area (Å²) < 4.78 is 0. The zero-order valence-electron chi connectivity index (χ0n) is 9.99. The van der Waals surface area contributed by atoms with Crippen molar-refractivity contribution < 1.29 is 4.79 Å². The number of carbonyl (C=O) groups excluding carboxylic acids is 1. The lowest BCUT2D eigenvalue weighted by molar-refractivity contribution is 0.187. The van der Waals surface area contributed by atoms with Gasteiger partial charge in [-0.05, 0) is 24.6 Å². The van der Waals surface area contributed by atoms with E-state index in [0.29, 0.717) is 5.02 Å². The molecule has 2 amide bonds. The fourth-order valence-corrected chi connectivity index (χ4v) is 2.23. The van der Waals surface area contributed by atoms with Gasteiger partial charge in [0.05, 0.1) is 0 Å². The summed E-state index contributed by atoms with van der Waals surface area (Å²) in [6.45, 7) is 1.86. The summed E-state index contributed by atoms with van der Waals surface area (Å²) in [5, 5.41) is 8.73. The van der Waals surface area contributed by atoms with Gasteiger partial charge in [0.1, 0.15) is 11.4 Å². The predicted molar refractivity (Wildman–Crippen MR) is 67.5 cm³/mol. The van der Waals surface area contributed by atoms with Crippen molar-refractivity contribution >= 4 is 23.5 Å². The molecule has 4 nitrogen and oxygen atoms in total. The van der Waals surface area contributed by atoms with Gasteiger partial charge in [-0.25, -0.2) is 4.79 Å². The first-order valence-corrected chi connectivity index (χ1v) is 5.63. The summed E-state index contributed by atoms with van der Waals surface area (Å²) in [5.41, 5.74) is 0.156. The van der Waals surface area contributed by atoms with Crippen molar-refractivity contribution in [2.45, 2.75) is 12.5 Å². The Hall–Kier alpha value is -1.55. The molecule has 1 N–H and O–H groups in total. The summed E-state index contributed by atoms with van der Waals surface area (Å²) >= 11 is 5.85. The van der Waals surface area contributed by atoms with Crippen molar-refractivity contribution in [2.75, 3.05) is 14.1 Å². The molecule has 0 saturated carbocycles. The van der Waals surface area contributed by atoms with Crippen LogP contribution in [-0.4, -0.2) is 35.8 Å². The van der Waals surface area contributed by atoms with E-state index in [9.17, 15) is 4.79 Å². The lowest BCUT2D eigenvalue weighted by atomic mass is 9.90. The summed E-state index contributed by atoms with van der Waals surface area (Å²) in [5.74, 6) is 0.271. The predicted octanol–water partition coefficient (Wildman–Crippen LogP) is 2.53. The maximum absolute atomic E-state index is 11.9. The SMILES string of the molecule is CN1C(=N)[C@@](C)(c2ccc(Cl)cc2)N(C)C1=O. The van der Waals surface area contributed by atoms with Gasteiger partial charge in [-0.1, -0.05) is 23.7 Å². The Morgan fingerprint density at radius 3 is 2.18 bits per heavy atom. The molecule has 2 rings (SSSR count). The van der Waals surface area contributed by atoms with Gasteiger partial charge in [0.15, 0.2) is 0 Å². The highest BCUT2D eigenvalue weighted by Crippen LogP contribution is 2.35. The third-order valence-corrected chi connectivity index (χ3v) is 3.70. The van der Waals surface area contributed by atoms with E-state index in [1.165, 1.54) is 4.90 Å². The van der Waals surface area contributed by atoms with Crippen LogP contribution in [0.3, 0.4) is 0 Å². The molecule has 0 spiro atoms. The van der Waals surface area contributed by atoms with Crippen LogP contribution < -0.4 is 0 Å². The van der Waals surface area contributed by atoms with E-state index in [1.807, 2.05) is 19.1 Å². The Balaban J connectivity index is 2.52. The second-order valence-corrected chi connectivity index (χ2v) is 4.76. The van der Waals surface area contributed by atoms with E-state index in [1.54, 1.807) is 31.1 Å². The number of carbonyl (C=O) groups is 1. The first kappa shape index (κ1) is 11.9. The largest absolute Gasteiger partial charge is 0.326 e. The summed E-state index contributed by atoms with van der Waals surface area (Å²) in [4.78, 5) is 14.8. The van der Waals surface area contributed by atoms with Gasteiger partial charge in [-0.15, -0.1) is 0 Å². The molecule has 1 aromatic rings. The number of nitrogens with zero attached hydrogens (tertiary/aromatic N) is 2. The van der Waals surface area contributed by atoms with Crippen LogP contribution in [0, 0.1) is 5.41 Å². The first-order chi connectivity index (χ1) is 7.89. The standard InChI is InChI=1S/C12H14ClN3O/c1-12(8-4-6-9(13)7-5-8)10(14)15(2)11(17)16(12)3/h4-7,14H,1-3H3/t12-/m1/s1. The summed E-state index contributed by atoms with van der Waals surface area (Å²) in [7, 11) is 3.32. The highest BCUT2D eigenvalue weighted by Gasteiger charge is 2.49. The smallest absolute Gasteiger partial charge is 0.311 e. The molecule has 1 atom stereocenters. The second-order valence-electron chi connectivity index (χ2n) is 4.33. The van der Waals surface area contributed by atoms with Gasteiger partial charge >= 0.3 is 6.03 Å². The molecule has 1 saturated heterocycles. The number of nitrogens with one attached hydrogen (secondary N) is 1. The van der Waals surface area contributed by atoms with Gasteiger partial charge < -0.3 is 4.90 Å². The van der Waals surface area contributed by atoms with Crippen LogP contribution in [0.5, 0.6) is 0 Å². The molecule has 0 unspecified atom stereocenters. The van der Waals surface area contributed by atoms with Crippen LogP contribution >= 0.6 is 11.6 Å². The third-order valence-electron chi connectivity index (χ3n) is 3.45. The van der Waals surface area contributed by atoms with Crippen LogP contribution in [0.1, 0.15) is 12.5 Å². The highest BCUT2D eigenvalue weighted by molar-refractivity contribution is 6.30. The number of benzene rings is 1. The van der Waals surface area contributed by atoms with E-state index < -0.39 is 5.54 Å². The van der Waals surface area contributed by atoms with Crippen molar-refractivity contribution in [2.24, 2.45) is 0 Å². The molecule has 5 heteroatoms. The molecular weight excluding hydrogens is 238 g/mol. The number of amides is 2. The molecule has 1 aliphatic heterocycles. The fraction of sp³-hybridized carbons (Fsp3) is 0.333. The van der Waals surface area contributed by atoms with Crippen molar-refractivity contribution in [1.29, 1.82) is 5.41 Å². The van der Waals surface area contributed by atoms with Crippen LogP contribution in [0.4, 0.5) is 4.79 Å². The Kier molecular flexibility index (Phi) is 2.62. The molecule has 1 aliphatic rings. The maximum Gasteiger partial charge on any atom is 0.326 e. The summed E-state index contributed by atoms with van der Waals surface area (Å²) in [6.07, 6.45) is 0. The van der Waals surface area contributed by atoms with Gasteiger partial charge in [0.25, 0.3) is 0 Å². The van der Waals surface area contributed by atoms with Gasteiger partial charge in [-0.2, -0.15) is 0 Å². The molecule has 0 aliphatic carbocycles. The van der Waals surface area contributed by atoms with Gasteiger partial charge in [0, 0.05) is 19.1 Å². The van der Waals surface area contributed by atoms with Crippen molar-refractivity contribution in [1.82, 2.24) is 9.80 Å². The monoisotopic (exact) mass is 251 g/mol. The van der Waals surface area contributed by atoms with Crippen LogP contribution in [0.15, 0.2) is 24.3 Å². The molecular formula is C12H14ClN3O. The molecule has 17 heavy (non-hydrogen) atoms. The number of urea groups is 1. The quantitative estimate of drug-likeness (QED) is 0.819. The van der Waals surface area contributed by atoms with Gasteiger partial charge in [-0.3, -0.25) is 10.3 Å². The van der Waals surface area contributed by atoms with E-state index >= 15 is 0 Å². The molecule has 0 radical (unpaired) electrons. The van der Waals surface area contributed by atoms with Crippen LogP contribution in [0.25, 0.3) is 0 Å². The Morgan fingerprint density at radius 2 is 1.76 bits per heavy atom. The lowest BCUT2D eigenvalue weighted by Gasteiger charge is -2.30. The van der Waals surface area contributed by atoms with Crippen molar-refractivity contribution in [3.05, 3.63) is 34.9 Å². The molecule has 1 fully saturated rings. The highest BCUT2D eigenvalue weighted by atomic mass is 35.5. The molecule has 0 bridgehead atoms. The molecule has 1 heterocycles. The Labute approximate surface area is 105 Å². The first-order valence-electron chi connectivity index (χ1n) is 5.25. The summed E-state index contributed by atoms with van der Waals surface area (Å²) in [6, 6.07) is 7.06. The third kappa shape index (κ3) is 1.52. The number of hydrogen-bond donors (Lipinski definition) is 1. The zero-order valence-corrected chi connectivity index (χ0v) is 10.7. The van der Waals surface area contributed by atoms with E-state index in [4.69, 9.17) is 17.0 Å². The average molecular weight is 252 g/mol. The maximum atomic E-state index is 11.9. The number of likely N-dealkylation sites (N-methyl/N-ethyl adjacent to an activating group) is 2. The minimum Gasteiger partial charge on any atom is -0.311 e. The molecule has 1 aromatic carbocycles. The average Bonchev–Trinajstić information content (AvgIpc) is 2.47. The van der Waals surface area contributed by atoms with Crippen molar-refractivity contribution in [3.63, 3.8) is 0 Å². The Morgan fingerprint density at radius 1 is 1.24 bits per heavy atom. The van der Waals surface area contributed by atoms with Crippen LogP contribution in [0.2, 0.25) is 5.02 Å². The molecule has 0 aromatic heterocycles. The van der Waals surface area contributed by atoms with E-state index in [2.05, 4.69) is 0 Å². The minimum atomic E-state index is -0.726. The molecule has 90 valence electrons. The fourth-order valence-electron chi connectivity index (χ4n) is 2.10. The van der Waals surface area contributed by atoms with Crippen LogP contribution in [-0.2, 0) is 5.54 Å². The minimum absolute atomic E-state index is 0.174. The van der Waals surface area contributed by atoms with Crippen molar-refractivity contribution in [3.8, 4) is 0 Å². The van der Waals surface area contributed by atoms with E-state index in [0.717, 1.165) is 5.56 Å². The number of hydrogen-bond acceptors (Lipinski definition) is 2. The second kappa shape index (κ2) is 3.74. The Bertz CT molecular complexity index is 485. The normalized spacial score (nSPS) is 24.7. The topological polar surface area (TPSA) is 47.4 Å². The zero-order chi connectivity index (χ0) is 12.8. The lowest BCUT2D eigenvalue weighted by Crippen LogP contribution is -2.41.